The topological polar surface area (TPSA) is 9.23 Å². The van der Waals surface area contributed by atoms with Gasteiger partial charge in [0, 0.05) is 5.56 Å². The van der Waals surface area contributed by atoms with Crippen LogP contribution in [0.1, 0.15) is 83.1 Å². The van der Waals surface area contributed by atoms with Crippen molar-refractivity contribution in [3.63, 3.8) is 0 Å². The minimum Gasteiger partial charge on any atom is -0.490 e. The van der Waals surface area contributed by atoms with Crippen molar-refractivity contribution in [2.24, 2.45) is 23.7 Å². The normalized spacial score (nSPS) is 23.7. The second-order valence-electron chi connectivity index (χ2n) is 11.4. The Labute approximate surface area is 227 Å². The first kappa shape index (κ1) is 28.5. The van der Waals surface area contributed by atoms with Gasteiger partial charge in [0.15, 0.2) is 23.2 Å². The molecule has 0 radical (unpaired) electrons. The lowest BCUT2D eigenvalue weighted by atomic mass is 9.81. The van der Waals surface area contributed by atoms with Gasteiger partial charge in [0.25, 0.3) is 0 Å². The first-order chi connectivity index (χ1) is 18.4. The fourth-order valence-electron chi connectivity index (χ4n) is 5.84. The van der Waals surface area contributed by atoms with E-state index in [0.29, 0.717) is 29.9 Å². The van der Waals surface area contributed by atoms with Crippen LogP contribution in [-0.4, -0.2) is 6.61 Å². The molecule has 2 aliphatic carbocycles. The summed E-state index contributed by atoms with van der Waals surface area (Å²) in [5.41, 5.74) is 0.578. The van der Waals surface area contributed by atoms with Crippen LogP contribution >= 0.6 is 0 Å². The summed E-state index contributed by atoms with van der Waals surface area (Å²) in [6.45, 7) is 4.25. The molecule has 1 fully saturated rings. The molecular weight excluding hydrogens is 481 g/mol. The van der Waals surface area contributed by atoms with Crippen molar-refractivity contribution >= 4 is 0 Å². The highest BCUT2D eigenvalue weighted by atomic mass is 19.2. The summed E-state index contributed by atoms with van der Waals surface area (Å²) in [6, 6.07) is 7.30. The van der Waals surface area contributed by atoms with E-state index in [0.717, 1.165) is 31.6 Å². The molecule has 2 atom stereocenters. The molecule has 206 valence electrons. The lowest BCUT2D eigenvalue weighted by Crippen LogP contribution is -2.19. The Kier molecular flexibility index (Phi) is 10.5. The average molecular weight is 525 g/mol. The maximum Gasteiger partial charge on any atom is 0.166 e. The van der Waals surface area contributed by atoms with E-state index in [1.165, 1.54) is 76.1 Å². The van der Waals surface area contributed by atoms with Crippen molar-refractivity contribution in [2.75, 3.05) is 6.61 Å². The Balaban J connectivity index is 1.19. The van der Waals surface area contributed by atoms with Crippen molar-refractivity contribution in [1.82, 2.24) is 0 Å². The molecule has 4 heteroatoms. The van der Waals surface area contributed by atoms with Crippen LogP contribution in [0.4, 0.5) is 13.2 Å². The summed E-state index contributed by atoms with van der Waals surface area (Å²) in [5, 5.41) is 0. The number of aryl methyl sites for hydroxylation is 1. The number of hydrogen-bond acceptors (Lipinski definition) is 1. The highest BCUT2D eigenvalue weighted by molar-refractivity contribution is 5.65. The van der Waals surface area contributed by atoms with Gasteiger partial charge >= 0.3 is 0 Å². The Bertz CT molecular complexity index is 1100. The molecule has 4 rings (SSSR count). The maximum absolute atomic E-state index is 14.7. The van der Waals surface area contributed by atoms with E-state index in [2.05, 4.69) is 31.2 Å². The van der Waals surface area contributed by atoms with E-state index < -0.39 is 17.5 Å². The zero-order valence-electron chi connectivity index (χ0n) is 23.0. The van der Waals surface area contributed by atoms with Gasteiger partial charge in [0.1, 0.15) is 0 Å². The van der Waals surface area contributed by atoms with Crippen LogP contribution in [0.3, 0.4) is 0 Å². The van der Waals surface area contributed by atoms with Gasteiger partial charge in [-0.1, -0.05) is 75.1 Å². The molecule has 0 saturated heterocycles. The fraction of sp³-hybridized carbons (Fsp3) is 0.529. The molecule has 0 amide bonds. The predicted molar refractivity (Wildman–Crippen MR) is 151 cm³/mol. The van der Waals surface area contributed by atoms with Crippen LogP contribution in [0.5, 0.6) is 5.75 Å². The van der Waals surface area contributed by atoms with Crippen molar-refractivity contribution < 1.29 is 17.9 Å². The maximum atomic E-state index is 14.7. The summed E-state index contributed by atoms with van der Waals surface area (Å²) < 4.78 is 48.7. The molecule has 1 nitrogen and oxygen atoms in total. The monoisotopic (exact) mass is 524 g/mol. The van der Waals surface area contributed by atoms with Crippen LogP contribution in [0.25, 0.3) is 11.1 Å². The summed E-state index contributed by atoms with van der Waals surface area (Å²) in [4.78, 5) is 0. The van der Waals surface area contributed by atoms with Gasteiger partial charge in [-0.05, 0) is 98.8 Å². The van der Waals surface area contributed by atoms with E-state index in [1.807, 2.05) is 0 Å². The standard InChI is InChI=1S/C34H43F3O/c1-3-4-5-6-7-25-9-11-26(12-10-25)13-14-27-15-17-28(18-16-27)23-38-32-21-19-29(22-31(32)35)30-20-8-24(2)33(36)34(30)37/h8-9,11,13-14,19-22,25-28H,3-7,10,12,15-18,23H2,1-2H3/b14-13+. The van der Waals surface area contributed by atoms with Gasteiger partial charge in [-0.3, -0.25) is 0 Å². The van der Waals surface area contributed by atoms with Crippen molar-refractivity contribution in [3.8, 4) is 16.9 Å². The van der Waals surface area contributed by atoms with Crippen LogP contribution in [-0.2, 0) is 0 Å². The second kappa shape index (κ2) is 14.1. The van der Waals surface area contributed by atoms with Crippen molar-refractivity contribution in [2.45, 2.75) is 84.5 Å². The Hall–Kier alpha value is -2.49. The number of hydrogen-bond donors (Lipinski definition) is 0. The van der Waals surface area contributed by atoms with Crippen LogP contribution < -0.4 is 4.74 Å². The Morgan fingerprint density at radius 3 is 2.37 bits per heavy atom. The minimum absolute atomic E-state index is 0.0517. The van der Waals surface area contributed by atoms with Gasteiger partial charge in [-0.2, -0.15) is 0 Å². The number of unbranched alkanes of at least 4 members (excludes halogenated alkanes) is 3. The zero-order chi connectivity index (χ0) is 26.9. The molecule has 0 heterocycles. The van der Waals surface area contributed by atoms with Crippen molar-refractivity contribution in [3.05, 3.63) is 77.7 Å². The van der Waals surface area contributed by atoms with Crippen LogP contribution in [0.15, 0.2) is 54.6 Å². The lowest BCUT2D eigenvalue weighted by Gasteiger charge is -2.27. The molecule has 0 N–H and O–H groups in total. The SMILES string of the molecule is CCCCCCC1C=CC(/C=C/C2CCC(COc3ccc(-c4ccc(C)c(F)c4F)cc3F)CC2)CC1. The van der Waals surface area contributed by atoms with E-state index in [4.69, 9.17) is 4.74 Å². The Morgan fingerprint density at radius 2 is 1.66 bits per heavy atom. The molecule has 2 aromatic carbocycles. The molecule has 0 aromatic heterocycles. The zero-order valence-corrected chi connectivity index (χ0v) is 23.0. The number of halogens is 3. The second-order valence-corrected chi connectivity index (χ2v) is 11.4. The molecule has 1 saturated carbocycles. The Morgan fingerprint density at radius 1 is 0.842 bits per heavy atom. The third-order valence-electron chi connectivity index (χ3n) is 8.44. The van der Waals surface area contributed by atoms with Gasteiger partial charge in [-0.25, -0.2) is 13.2 Å². The molecule has 0 bridgehead atoms. The summed E-state index contributed by atoms with van der Waals surface area (Å²) in [6.07, 6.45) is 23.5. The summed E-state index contributed by atoms with van der Waals surface area (Å²) in [5.74, 6) is 0.145. The highest BCUT2D eigenvalue weighted by Crippen LogP contribution is 2.34. The summed E-state index contributed by atoms with van der Waals surface area (Å²) >= 11 is 0. The molecule has 0 spiro atoms. The number of allylic oxidation sites excluding steroid dienone is 4. The molecule has 2 aliphatic rings. The van der Waals surface area contributed by atoms with E-state index in [-0.39, 0.29) is 16.9 Å². The van der Waals surface area contributed by atoms with Crippen LogP contribution in [0, 0.1) is 48.0 Å². The number of rotatable bonds is 11. The molecule has 0 aliphatic heterocycles. The quantitative estimate of drug-likeness (QED) is 0.210. The predicted octanol–water partition coefficient (Wildman–Crippen LogP) is 10.4. The molecule has 2 unspecified atom stereocenters. The van der Waals surface area contributed by atoms with Gasteiger partial charge in [0.05, 0.1) is 6.61 Å². The highest BCUT2D eigenvalue weighted by Gasteiger charge is 2.22. The van der Waals surface area contributed by atoms with Gasteiger partial charge < -0.3 is 4.74 Å². The first-order valence-corrected chi connectivity index (χ1v) is 14.7. The smallest absolute Gasteiger partial charge is 0.166 e. The summed E-state index contributed by atoms with van der Waals surface area (Å²) in [7, 11) is 0. The van der Waals surface area contributed by atoms with Crippen molar-refractivity contribution in [1.29, 1.82) is 0 Å². The third-order valence-corrected chi connectivity index (χ3v) is 8.44. The number of ether oxygens (including phenoxy) is 1. The molecular formula is C34H43F3O. The average Bonchev–Trinajstić information content (AvgIpc) is 2.93. The molecule has 2 aromatic rings. The van der Waals surface area contributed by atoms with E-state index >= 15 is 0 Å². The fourth-order valence-corrected chi connectivity index (χ4v) is 5.84. The van der Waals surface area contributed by atoms with Gasteiger partial charge in [-0.15, -0.1) is 0 Å². The van der Waals surface area contributed by atoms with E-state index in [9.17, 15) is 13.2 Å². The lowest BCUT2D eigenvalue weighted by molar-refractivity contribution is 0.189. The molecule has 38 heavy (non-hydrogen) atoms. The van der Waals surface area contributed by atoms with Gasteiger partial charge in [0.2, 0.25) is 0 Å². The largest absolute Gasteiger partial charge is 0.490 e. The first-order valence-electron chi connectivity index (χ1n) is 14.7. The third kappa shape index (κ3) is 7.77. The number of benzene rings is 2. The minimum atomic E-state index is -0.953. The van der Waals surface area contributed by atoms with Crippen LogP contribution in [0.2, 0.25) is 0 Å². The van der Waals surface area contributed by atoms with E-state index in [1.54, 1.807) is 6.07 Å².